The van der Waals surface area contributed by atoms with Crippen LogP contribution in [-0.2, 0) is 5.66 Å². The molecule has 1 atom stereocenters. The highest BCUT2D eigenvalue weighted by Crippen LogP contribution is 2.39. The van der Waals surface area contributed by atoms with Crippen LogP contribution in [0, 0.1) is 0 Å². The third kappa shape index (κ3) is 1.76. The molecule has 0 fully saturated rings. The van der Waals surface area contributed by atoms with Crippen molar-refractivity contribution in [3.63, 3.8) is 0 Å². The van der Waals surface area contributed by atoms with E-state index in [1.165, 1.54) is 4.90 Å². The second-order valence-corrected chi connectivity index (χ2v) is 4.75. The molecular weight excluding hydrogens is 254 g/mol. The molecule has 0 saturated heterocycles. The number of hydrogen-bond donors (Lipinski definition) is 2. The minimum absolute atomic E-state index is 0.463. The summed E-state index contributed by atoms with van der Waals surface area (Å²) in [6.07, 6.45) is -0.463. The van der Waals surface area contributed by atoms with Gasteiger partial charge in [0.2, 0.25) is 0 Å². The number of anilines is 1. The number of carbonyl (C=O) groups is 1. The van der Waals surface area contributed by atoms with Crippen molar-refractivity contribution < 1.29 is 9.53 Å². The average molecular weight is 269 g/mol. The van der Waals surface area contributed by atoms with Crippen molar-refractivity contribution in [2.75, 3.05) is 4.90 Å². The second kappa shape index (κ2) is 4.63. The van der Waals surface area contributed by atoms with Crippen LogP contribution in [0.5, 0.6) is 5.75 Å². The molecule has 102 valence electrons. The lowest BCUT2D eigenvalue weighted by Gasteiger charge is -2.43. The SMILES string of the molecule is CC1(NN)c2ccccc2OC(=O)N1c1ccccc1. The normalized spacial score (nSPS) is 21.3. The maximum Gasteiger partial charge on any atom is 0.421 e. The Hall–Kier alpha value is -2.37. The lowest BCUT2D eigenvalue weighted by molar-refractivity contribution is 0.181. The van der Waals surface area contributed by atoms with Crippen molar-refractivity contribution in [2.45, 2.75) is 12.6 Å². The first-order chi connectivity index (χ1) is 9.66. The summed E-state index contributed by atoms with van der Waals surface area (Å²) in [5.41, 5.74) is 3.40. The Kier molecular flexibility index (Phi) is 2.93. The first-order valence-corrected chi connectivity index (χ1v) is 6.31. The minimum atomic E-state index is -0.868. The zero-order chi connectivity index (χ0) is 14.2. The van der Waals surface area contributed by atoms with Crippen molar-refractivity contribution >= 4 is 11.8 Å². The van der Waals surface area contributed by atoms with E-state index in [-0.39, 0.29) is 0 Å². The van der Waals surface area contributed by atoms with Crippen molar-refractivity contribution in [3.8, 4) is 5.75 Å². The highest BCUT2D eigenvalue weighted by atomic mass is 16.6. The number of amides is 1. The number of ether oxygens (including phenoxy) is 1. The number of hydrazine groups is 1. The molecule has 5 nitrogen and oxygen atoms in total. The van der Waals surface area contributed by atoms with E-state index in [9.17, 15) is 4.79 Å². The van der Waals surface area contributed by atoms with E-state index < -0.39 is 11.8 Å². The van der Waals surface area contributed by atoms with Crippen LogP contribution in [0.25, 0.3) is 0 Å². The maximum atomic E-state index is 12.3. The van der Waals surface area contributed by atoms with Crippen molar-refractivity contribution in [1.82, 2.24) is 5.43 Å². The monoisotopic (exact) mass is 269 g/mol. The number of benzene rings is 2. The van der Waals surface area contributed by atoms with Crippen LogP contribution in [0.2, 0.25) is 0 Å². The summed E-state index contributed by atoms with van der Waals surface area (Å²) in [4.78, 5) is 13.8. The number of para-hydroxylation sites is 2. The van der Waals surface area contributed by atoms with E-state index in [1.54, 1.807) is 6.07 Å². The van der Waals surface area contributed by atoms with Crippen molar-refractivity contribution in [2.24, 2.45) is 5.84 Å². The summed E-state index contributed by atoms with van der Waals surface area (Å²) >= 11 is 0. The molecule has 0 spiro atoms. The first-order valence-electron chi connectivity index (χ1n) is 6.31. The van der Waals surface area contributed by atoms with Gasteiger partial charge in [-0.1, -0.05) is 36.4 Å². The molecule has 0 radical (unpaired) electrons. The largest absolute Gasteiger partial charge is 0.421 e. The topological polar surface area (TPSA) is 67.6 Å². The summed E-state index contributed by atoms with van der Waals surface area (Å²) in [6, 6.07) is 16.6. The van der Waals surface area contributed by atoms with E-state index in [1.807, 2.05) is 55.5 Å². The summed E-state index contributed by atoms with van der Waals surface area (Å²) in [7, 11) is 0. The molecule has 1 unspecified atom stereocenters. The predicted octanol–water partition coefficient (Wildman–Crippen LogP) is 2.34. The van der Waals surface area contributed by atoms with Gasteiger partial charge in [-0.05, 0) is 25.1 Å². The highest BCUT2D eigenvalue weighted by Gasteiger charge is 2.44. The fraction of sp³-hybridized carbons (Fsp3) is 0.133. The van der Waals surface area contributed by atoms with Crippen LogP contribution < -0.4 is 20.9 Å². The number of carbonyl (C=O) groups excluding carboxylic acids is 1. The predicted molar refractivity (Wildman–Crippen MR) is 76.1 cm³/mol. The Bertz CT molecular complexity index is 645. The van der Waals surface area contributed by atoms with Gasteiger partial charge in [0, 0.05) is 11.3 Å². The molecule has 2 aromatic rings. The molecule has 0 aromatic heterocycles. The zero-order valence-corrected chi connectivity index (χ0v) is 11.0. The van der Waals surface area contributed by atoms with E-state index in [4.69, 9.17) is 10.6 Å². The van der Waals surface area contributed by atoms with Crippen molar-refractivity contribution in [1.29, 1.82) is 0 Å². The zero-order valence-electron chi connectivity index (χ0n) is 11.0. The Morgan fingerprint density at radius 2 is 1.75 bits per heavy atom. The van der Waals surface area contributed by atoms with Gasteiger partial charge in [-0.25, -0.2) is 10.2 Å². The fourth-order valence-corrected chi connectivity index (χ4v) is 2.48. The first kappa shape index (κ1) is 12.7. The molecule has 1 heterocycles. The van der Waals surface area contributed by atoms with Gasteiger partial charge in [-0.15, -0.1) is 0 Å². The van der Waals surface area contributed by atoms with Gasteiger partial charge in [0.05, 0.1) is 0 Å². The summed E-state index contributed by atoms with van der Waals surface area (Å²) in [5.74, 6) is 6.26. The number of nitrogens with zero attached hydrogens (tertiary/aromatic N) is 1. The van der Waals surface area contributed by atoms with Gasteiger partial charge >= 0.3 is 6.09 Å². The highest BCUT2D eigenvalue weighted by molar-refractivity contribution is 5.93. The molecular formula is C15H15N3O2. The van der Waals surface area contributed by atoms with Crippen LogP contribution in [0.1, 0.15) is 12.5 Å². The third-order valence-electron chi connectivity index (χ3n) is 3.53. The standard InChI is InChI=1S/C15H15N3O2/c1-15(17-16)12-9-5-6-10-13(12)20-14(19)18(15)11-7-3-2-4-8-11/h2-10,17H,16H2,1H3. The quantitative estimate of drug-likeness (QED) is 0.648. The number of rotatable bonds is 2. The summed E-state index contributed by atoms with van der Waals surface area (Å²) < 4.78 is 5.39. The summed E-state index contributed by atoms with van der Waals surface area (Å²) in [5, 5.41) is 0. The van der Waals surface area contributed by atoms with E-state index in [2.05, 4.69) is 5.43 Å². The smallest absolute Gasteiger partial charge is 0.409 e. The molecule has 3 rings (SSSR count). The molecule has 5 heteroatoms. The van der Waals surface area contributed by atoms with Gasteiger partial charge in [0.15, 0.2) is 0 Å². The Morgan fingerprint density at radius 3 is 2.45 bits per heavy atom. The van der Waals surface area contributed by atoms with Crippen LogP contribution >= 0.6 is 0 Å². The molecule has 20 heavy (non-hydrogen) atoms. The molecule has 0 aliphatic carbocycles. The number of nitrogens with one attached hydrogen (secondary N) is 1. The van der Waals surface area contributed by atoms with E-state index in [0.717, 1.165) is 5.56 Å². The van der Waals surface area contributed by atoms with Gasteiger partial charge in [0.1, 0.15) is 11.4 Å². The molecule has 1 aliphatic heterocycles. The third-order valence-corrected chi connectivity index (χ3v) is 3.53. The van der Waals surface area contributed by atoms with Gasteiger partial charge in [0.25, 0.3) is 0 Å². The van der Waals surface area contributed by atoms with Gasteiger partial charge < -0.3 is 4.74 Å². The maximum absolute atomic E-state index is 12.3. The fourth-order valence-electron chi connectivity index (χ4n) is 2.48. The average Bonchev–Trinajstić information content (AvgIpc) is 2.48. The minimum Gasteiger partial charge on any atom is -0.409 e. The number of nitrogens with two attached hydrogens (primary N) is 1. The second-order valence-electron chi connectivity index (χ2n) is 4.75. The van der Waals surface area contributed by atoms with Crippen LogP contribution in [-0.4, -0.2) is 6.09 Å². The number of fused-ring (bicyclic) bond motifs is 1. The summed E-state index contributed by atoms with van der Waals surface area (Å²) in [6.45, 7) is 1.85. The lowest BCUT2D eigenvalue weighted by Crippen LogP contribution is -2.62. The lowest BCUT2D eigenvalue weighted by atomic mass is 9.97. The van der Waals surface area contributed by atoms with Crippen LogP contribution in [0.3, 0.4) is 0 Å². The Morgan fingerprint density at radius 1 is 1.10 bits per heavy atom. The van der Waals surface area contributed by atoms with Crippen LogP contribution in [0.15, 0.2) is 54.6 Å². The van der Waals surface area contributed by atoms with Crippen molar-refractivity contribution in [3.05, 3.63) is 60.2 Å². The Labute approximate surface area is 116 Å². The Balaban J connectivity index is 2.18. The molecule has 3 N–H and O–H groups in total. The van der Waals surface area contributed by atoms with Gasteiger partial charge in [-0.3, -0.25) is 10.7 Å². The van der Waals surface area contributed by atoms with Crippen LogP contribution in [0.4, 0.5) is 10.5 Å². The number of hydrogen-bond acceptors (Lipinski definition) is 4. The van der Waals surface area contributed by atoms with E-state index in [0.29, 0.717) is 11.4 Å². The van der Waals surface area contributed by atoms with E-state index >= 15 is 0 Å². The molecule has 0 bridgehead atoms. The molecule has 2 aromatic carbocycles. The van der Waals surface area contributed by atoms with Gasteiger partial charge in [-0.2, -0.15) is 0 Å². The molecule has 1 amide bonds. The molecule has 0 saturated carbocycles. The molecule has 1 aliphatic rings.